The summed E-state index contributed by atoms with van der Waals surface area (Å²) in [5.41, 5.74) is 0. The van der Waals surface area contributed by atoms with Crippen molar-refractivity contribution in [3.05, 3.63) is 0 Å². The van der Waals surface area contributed by atoms with Crippen LogP contribution in [0, 0.1) is 0 Å². The van der Waals surface area contributed by atoms with E-state index in [2.05, 4.69) is 19.2 Å². The van der Waals surface area contributed by atoms with E-state index >= 15 is 0 Å². The molecule has 9 N–H and O–H groups in total. The summed E-state index contributed by atoms with van der Waals surface area (Å²) in [5, 5.41) is 87.1. The van der Waals surface area contributed by atoms with E-state index in [9.17, 15) is 45.6 Å². The SMILES string of the molecule is CCCCCCCCCCCCCCCCCCC[C@@H](O)[C@H](CO[C@@H]1O[C@H](CO)[C@@H](O[C@@H]2O[C@H](CO)[C@H](O)C(O)C2O)C(O)C1O)NC(=O)CCCCCCCCCCCCCCCCCC. The fraction of sp³-hybridized carbons (Fsp3) is 0.981. The molecule has 2 aliphatic rings. The van der Waals surface area contributed by atoms with Crippen LogP contribution in [-0.4, -0.2) is 140 Å². The van der Waals surface area contributed by atoms with E-state index in [0.717, 1.165) is 51.4 Å². The number of amides is 1. The first-order valence-electron chi connectivity index (χ1n) is 27.8. The van der Waals surface area contributed by atoms with Crippen molar-refractivity contribution in [1.29, 1.82) is 0 Å². The number of hydrogen-bond acceptors (Lipinski definition) is 13. The van der Waals surface area contributed by atoms with Crippen LogP contribution in [0.1, 0.15) is 239 Å². The quantitative estimate of drug-likeness (QED) is 0.0263. The van der Waals surface area contributed by atoms with Gasteiger partial charge in [0, 0.05) is 6.42 Å². The lowest BCUT2D eigenvalue weighted by Crippen LogP contribution is -2.65. The summed E-state index contributed by atoms with van der Waals surface area (Å²) in [7, 11) is 0. The van der Waals surface area contributed by atoms with Crippen molar-refractivity contribution in [3.8, 4) is 0 Å². The van der Waals surface area contributed by atoms with Gasteiger partial charge in [-0.25, -0.2) is 0 Å². The Morgan fingerprint density at radius 3 is 1.27 bits per heavy atom. The lowest BCUT2D eigenvalue weighted by atomic mass is 9.97. The van der Waals surface area contributed by atoms with Crippen LogP contribution in [0.4, 0.5) is 0 Å². The number of unbranched alkanes of at least 4 members (excludes halogenated alkanes) is 31. The van der Waals surface area contributed by atoms with Crippen molar-refractivity contribution < 1.29 is 64.6 Å². The van der Waals surface area contributed by atoms with E-state index in [4.69, 9.17) is 18.9 Å². The van der Waals surface area contributed by atoms with E-state index in [1.54, 1.807) is 0 Å². The van der Waals surface area contributed by atoms with Gasteiger partial charge in [-0.1, -0.05) is 219 Å². The van der Waals surface area contributed by atoms with Crippen molar-refractivity contribution in [2.24, 2.45) is 0 Å². The molecule has 0 saturated carbocycles. The summed E-state index contributed by atoms with van der Waals surface area (Å²) in [6, 6.07) is -0.821. The molecule has 0 aromatic carbocycles. The Labute approximate surface area is 406 Å². The molecule has 12 atom stereocenters. The van der Waals surface area contributed by atoms with Crippen LogP contribution in [0.3, 0.4) is 0 Å². The first kappa shape index (κ1) is 62.1. The monoisotopic (exact) mass is 962 g/mol. The average molecular weight is 962 g/mol. The molecular weight excluding hydrogens is 859 g/mol. The van der Waals surface area contributed by atoms with Crippen LogP contribution >= 0.6 is 0 Å². The van der Waals surface area contributed by atoms with Gasteiger partial charge in [0.2, 0.25) is 5.91 Å². The Bertz CT molecular complexity index is 1140. The molecule has 398 valence electrons. The summed E-state index contributed by atoms with van der Waals surface area (Å²) in [6.45, 7) is 2.88. The Balaban J connectivity index is 1.79. The molecule has 2 aliphatic heterocycles. The Hall–Kier alpha value is -1.01. The van der Waals surface area contributed by atoms with Gasteiger partial charge in [0.15, 0.2) is 12.6 Å². The van der Waals surface area contributed by atoms with E-state index in [0.29, 0.717) is 12.8 Å². The molecule has 2 fully saturated rings. The second-order valence-corrected chi connectivity index (χ2v) is 20.1. The highest BCUT2D eigenvalue weighted by Gasteiger charge is 2.51. The van der Waals surface area contributed by atoms with Gasteiger partial charge >= 0.3 is 0 Å². The molecule has 2 heterocycles. The normalized spacial score (nSPS) is 26.5. The number of ether oxygens (including phenoxy) is 4. The van der Waals surface area contributed by atoms with Crippen molar-refractivity contribution in [2.75, 3.05) is 19.8 Å². The molecule has 4 unspecified atom stereocenters. The molecular formula is C53H103NO13. The third-order valence-corrected chi connectivity index (χ3v) is 14.1. The van der Waals surface area contributed by atoms with Gasteiger partial charge in [-0.2, -0.15) is 0 Å². The maximum Gasteiger partial charge on any atom is 0.220 e. The highest BCUT2D eigenvalue weighted by Crippen LogP contribution is 2.30. The molecule has 2 rings (SSSR count). The second kappa shape index (κ2) is 40.6. The molecule has 0 spiro atoms. The maximum absolute atomic E-state index is 13.2. The second-order valence-electron chi connectivity index (χ2n) is 20.1. The van der Waals surface area contributed by atoms with E-state index < -0.39 is 86.8 Å². The molecule has 0 bridgehead atoms. The number of nitrogens with one attached hydrogen (secondary N) is 1. The van der Waals surface area contributed by atoms with Gasteiger partial charge in [0.1, 0.15) is 48.8 Å². The zero-order valence-corrected chi connectivity index (χ0v) is 42.4. The minimum atomic E-state index is -1.78. The van der Waals surface area contributed by atoms with Gasteiger partial charge in [-0.05, 0) is 12.8 Å². The van der Waals surface area contributed by atoms with Crippen LogP contribution in [0.15, 0.2) is 0 Å². The van der Waals surface area contributed by atoms with Crippen LogP contribution in [0.2, 0.25) is 0 Å². The third kappa shape index (κ3) is 27.4. The van der Waals surface area contributed by atoms with Crippen LogP contribution < -0.4 is 5.32 Å². The fourth-order valence-electron chi connectivity index (χ4n) is 9.53. The molecule has 2 saturated heterocycles. The lowest BCUT2D eigenvalue weighted by molar-refractivity contribution is -0.359. The van der Waals surface area contributed by atoms with Gasteiger partial charge in [0.25, 0.3) is 0 Å². The molecule has 14 nitrogen and oxygen atoms in total. The molecule has 0 radical (unpaired) electrons. The summed E-state index contributed by atoms with van der Waals surface area (Å²) >= 11 is 0. The predicted molar refractivity (Wildman–Crippen MR) is 263 cm³/mol. The minimum Gasteiger partial charge on any atom is -0.394 e. The average Bonchev–Trinajstić information content (AvgIpc) is 3.32. The topological polar surface area (TPSA) is 228 Å². The zero-order valence-electron chi connectivity index (χ0n) is 42.4. The fourth-order valence-corrected chi connectivity index (χ4v) is 9.53. The van der Waals surface area contributed by atoms with Gasteiger partial charge < -0.3 is 65.1 Å². The molecule has 0 aromatic rings. The third-order valence-electron chi connectivity index (χ3n) is 14.1. The predicted octanol–water partition coefficient (Wildman–Crippen LogP) is 8.17. The molecule has 0 aromatic heterocycles. The molecule has 14 heteroatoms. The largest absolute Gasteiger partial charge is 0.394 e. The number of aliphatic hydroxyl groups is 8. The van der Waals surface area contributed by atoms with Crippen molar-refractivity contribution in [1.82, 2.24) is 5.32 Å². The van der Waals surface area contributed by atoms with Crippen molar-refractivity contribution in [2.45, 2.75) is 312 Å². The van der Waals surface area contributed by atoms with Crippen molar-refractivity contribution >= 4 is 5.91 Å². The van der Waals surface area contributed by atoms with Crippen LogP contribution in [0.5, 0.6) is 0 Å². The Morgan fingerprint density at radius 1 is 0.478 bits per heavy atom. The lowest BCUT2D eigenvalue weighted by Gasteiger charge is -2.46. The van der Waals surface area contributed by atoms with E-state index in [1.165, 1.54) is 161 Å². The standard InChI is InChI=1S/C53H103NO13/c1-3-5-7-9-11-13-15-17-19-21-22-24-26-28-30-32-34-36-42(57)41(54-45(58)37-35-33-31-29-27-25-23-20-18-16-14-12-10-8-6-4-2)40-64-52-50(63)48(61)51(44(39-56)66-52)67-53-49(62)47(60)46(59)43(38-55)65-53/h41-44,46-53,55-57,59-63H,3-40H2,1-2H3,(H,54,58)/t41-,42+,43+,44+,46-,47?,48?,49?,50?,51+,52+,53-/m0/s1. The van der Waals surface area contributed by atoms with Crippen LogP contribution in [0.25, 0.3) is 0 Å². The van der Waals surface area contributed by atoms with Gasteiger partial charge in [-0.15, -0.1) is 0 Å². The summed E-state index contributed by atoms with van der Waals surface area (Å²) in [4.78, 5) is 13.2. The van der Waals surface area contributed by atoms with E-state index in [1.807, 2.05) is 0 Å². The van der Waals surface area contributed by atoms with Gasteiger partial charge in [0.05, 0.1) is 32.0 Å². The summed E-state index contributed by atoms with van der Waals surface area (Å²) < 4.78 is 22.8. The Morgan fingerprint density at radius 2 is 0.851 bits per heavy atom. The number of aliphatic hydroxyl groups excluding tert-OH is 8. The molecule has 67 heavy (non-hydrogen) atoms. The summed E-state index contributed by atoms with van der Waals surface area (Å²) in [6.07, 6.45) is 25.2. The number of hydrogen-bond donors (Lipinski definition) is 9. The summed E-state index contributed by atoms with van der Waals surface area (Å²) in [5.74, 6) is -0.202. The number of carbonyl (C=O) groups is 1. The first-order valence-corrected chi connectivity index (χ1v) is 27.8. The highest BCUT2D eigenvalue weighted by atomic mass is 16.7. The number of rotatable bonds is 44. The van der Waals surface area contributed by atoms with E-state index in [-0.39, 0.29) is 12.5 Å². The molecule has 1 amide bonds. The number of carbonyl (C=O) groups excluding carboxylic acids is 1. The highest BCUT2D eigenvalue weighted by molar-refractivity contribution is 5.76. The zero-order chi connectivity index (χ0) is 48.9. The Kier molecular flexibility index (Phi) is 37.6. The van der Waals surface area contributed by atoms with Crippen molar-refractivity contribution in [3.63, 3.8) is 0 Å². The first-order chi connectivity index (χ1) is 32.6. The maximum atomic E-state index is 13.2. The molecule has 0 aliphatic carbocycles. The van der Waals surface area contributed by atoms with Crippen LogP contribution in [-0.2, 0) is 23.7 Å². The minimum absolute atomic E-state index is 0.202. The van der Waals surface area contributed by atoms with Gasteiger partial charge in [-0.3, -0.25) is 4.79 Å². The smallest absolute Gasteiger partial charge is 0.220 e.